The number of carboxylic acid groups (broad SMARTS) is 3. The predicted molar refractivity (Wildman–Crippen MR) is 472 cm³/mol. The summed E-state index contributed by atoms with van der Waals surface area (Å²) < 4.78 is 1.81. The number of hydrogen-bond acceptors (Lipinski definition) is 28. The monoisotopic (exact) mass is 1920 g/mol. The average Bonchev–Trinajstić information content (AvgIpc) is 1.64. The van der Waals surface area contributed by atoms with Gasteiger partial charge in [-0.05, 0) is 81.6 Å². The molecule has 18 amide bonds. The van der Waals surface area contributed by atoms with Gasteiger partial charge in [0.25, 0.3) is 0 Å². The minimum Gasteiger partial charge on any atom is -0.481 e. The van der Waals surface area contributed by atoms with Gasteiger partial charge in [-0.25, -0.2) is 0 Å². The van der Waals surface area contributed by atoms with Gasteiger partial charge in [-0.15, -0.1) is 11.8 Å². The lowest BCUT2D eigenvalue weighted by molar-refractivity contribution is -0.144. The van der Waals surface area contributed by atoms with Crippen molar-refractivity contribution in [2.45, 2.75) is 220 Å². The quantitative estimate of drug-likeness (QED) is 0.0252. The molecule has 3 aliphatic heterocycles. The Bertz CT molecular complexity index is 4750. The highest BCUT2D eigenvalue weighted by molar-refractivity contribution is 7.99. The number of carbonyl (C=O) groups excluding carboxylic acids is 18. The standard InChI is InChI=1S/C83H120N22O29S/c1-41(2)28-50-70(123)96-52(30-65(118)119)72(125)94-49(22-24-64(116)117)81(134)105-27-13-20-59(105)79(132)89-33-62(113)90-46(19-12-25-86-83(84)85)67(120)88-31-60(111)87-32-61(112)91-51(29-43-14-6-5-7-15-43)71(124)98-56(38-109)76(129)99-54(36-107)74(127)93-48(21-23-63(114)115)68(121)97-53(35-106)73(126)92-47-18-10-11-26-104-34-44-16-8-9-17-45(44)82(104)135-40-58(102-80(133)66(42(3)4)103-69(47)122)78(131)101-57(39-110)77(130)100-55(37-108)75(128)95-50/h5-9,14-17,34,41-42,46-59,66,106-110H,10-13,18-33,35-40H2,1-4H3,(H,87,111)(H,88,120)(H,89,132)(H,90,113)(H,91,112)(H,92,126)(H,93,127)(H,94,125)(H,95,128)(H,96,123)(H,97,121)(H,98,124)(H,99,129)(H,100,130)(H,101,131)(H,102,133)(H,103,122)(H,114,115)(H,116,117)(H,118,119)(H4,84,85,86)/t46-,47-,48-,49-,50-,51-,52-,53-,54-,55-,56-,57-,58-,59-,66-/m0/s1. The Morgan fingerprint density at radius 1 is 0.444 bits per heavy atom. The number of aliphatic carboxylic acids is 3. The molecule has 15 atom stereocenters. The van der Waals surface area contributed by atoms with E-state index in [2.05, 4.69) is 95.7 Å². The molecule has 2 bridgehead atoms. The molecule has 0 radical (unpaired) electrons. The highest BCUT2D eigenvalue weighted by atomic mass is 32.2. The fraction of sp³-hybridized carbons (Fsp3) is 0.566. The van der Waals surface area contributed by atoms with E-state index in [4.69, 9.17) is 11.1 Å². The van der Waals surface area contributed by atoms with Crippen LogP contribution in [0.15, 0.2) is 65.8 Å². The maximum absolute atomic E-state index is 14.8. The number of benzene rings is 2. The maximum atomic E-state index is 14.8. The second kappa shape index (κ2) is 55.1. The molecule has 135 heavy (non-hydrogen) atoms. The second-order valence-corrected chi connectivity index (χ2v) is 33.8. The molecule has 0 spiro atoms. The molecule has 52 heteroatoms. The van der Waals surface area contributed by atoms with Gasteiger partial charge >= 0.3 is 17.9 Å². The Kier molecular flexibility index (Phi) is 44.9. The Hall–Kier alpha value is -13.7. The topological polar surface area (TPSA) is 795 Å². The van der Waals surface area contributed by atoms with E-state index in [9.17, 15) is 142 Å². The SMILES string of the molecule is CC(C)C[C@@H]1NC(=O)[C@H](CO)NC(=O)[C@H](CO)NC(=O)[C@@H]2CSc3c4ccccc4cn3CCCC[C@H](NC(=O)[C@H](CO)NC(=O)[C@H](CCC(=O)O)NC(=O)[C@H](CO)NC(=O)[C@H](CO)NC(=O)[C@H](Cc3ccccc3)NC(=O)CNC(=O)CNC(=O)[C@H](CCCNC(=N)N)NC(=O)CNC(=O)[C@@H]3CCCN3C(=O)[C@H](CCC(=O)O)NC(=O)[C@H](CC(=O)O)NC1=O)C(=O)N[C@@H](C(C)C)C(=O)N2. The van der Waals surface area contributed by atoms with Crippen LogP contribution in [0.25, 0.3) is 10.8 Å². The molecular formula is C83H120N22O29S. The van der Waals surface area contributed by atoms with Crippen LogP contribution in [0.3, 0.4) is 0 Å². The number of aliphatic hydroxyl groups is 5. The smallest absolute Gasteiger partial charge is 0.305 e. The van der Waals surface area contributed by atoms with Crippen molar-refractivity contribution in [1.82, 2.24) is 105 Å². The number of guanidine groups is 1. The zero-order chi connectivity index (χ0) is 99.9. The number of amides is 18. The summed E-state index contributed by atoms with van der Waals surface area (Å²) in [5, 5.41) is 134. The minimum absolute atomic E-state index is 0.0224. The number of aromatic nitrogens is 1. The summed E-state index contributed by atoms with van der Waals surface area (Å²) in [5.74, 6) is -28.2. The molecule has 0 aliphatic carbocycles. The van der Waals surface area contributed by atoms with E-state index in [1.54, 1.807) is 74.6 Å². The van der Waals surface area contributed by atoms with Gasteiger partial charge in [-0.3, -0.25) is 106 Å². The van der Waals surface area contributed by atoms with Crippen LogP contribution in [0.2, 0.25) is 0 Å². The Labute approximate surface area is 776 Å². The van der Waals surface area contributed by atoms with E-state index in [0.29, 0.717) is 21.4 Å². The van der Waals surface area contributed by atoms with Crippen LogP contribution in [0.5, 0.6) is 0 Å². The largest absolute Gasteiger partial charge is 0.481 e. The van der Waals surface area contributed by atoms with Crippen LogP contribution in [-0.4, -0.2) is 343 Å². The van der Waals surface area contributed by atoms with E-state index in [-0.39, 0.29) is 83.2 Å². The van der Waals surface area contributed by atoms with Gasteiger partial charge in [-0.2, -0.15) is 0 Å². The summed E-state index contributed by atoms with van der Waals surface area (Å²) in [6.07, 6.45) is -3.23. The number of thioether (sulfide) groups is 1. The second-order valence-electron chi connectivity index (χ2n) is 32.7. The molecule has 2 saturated heterocycles. The van der Waals surface area contributed by atoms with E-state index in [1.807, 2.05) is 4.57 Å². The number of rotatable bonds is 22. The van der Waals surface area contributed by atoms with Crippen molar-refractivity contribution < 1.29 is 142 Å². The van der Waals surface area contributed by atoms with Crippen molar-refractivity contribution in [3.05, 3.63) is 66.4 Å². The number of aliphatic hydroxyl groups excluding tert-OH is 5. The molecule has 0 unspecified atom stereocenters. The molecule has 3 aliphatic rings. The zero-order valence-electron chi connectivity index (χ0n) is 74.5. The number of aryl methyl sites for hydroxylation is 1. The molecule has 1 aromatic heterocycles. The lowest BCUT2D eigenvalue weighted by atomic mass is 10.0. The molecule has 29 N–H and O–H groups in total. The van der Waals surface area contributed by atoms with Gasteiger partial charge in [0.2, 0.25) is 106 Å². The number of nitrogens with zero attached hydrogens (tertiary/aromatic N) is 2. The first kappa shape index (κ1) is 110. The van der Waals surface area contributed by atoms with E-state index >= 15 is 0 Å². The molecule has 2 fully saturated rings. The number of fused-ring (bicyclic) bond motifs is 10. The van der Waals surface area contributed by atoms with Crippen LogP contribution >= 0.6 is 11.8 Å². The summed E-state index contributed by atoms with van der Waals surface area (Å²) in [4.78, 5) is 292. The molecule has 0 saturated carbocycles. The third kappa shape index (κ3) is 35.6. The number of hydrogen-bond donors (Lipinski definition) is 28. The highest BCUT2D eigenvalue weighted by Gasteiger charge is 2.43. The van der Waals surface area contributed by atoms with Gasteiger partial charge in [0.15, 0.2) is 5.96 Å². The van der Waals surface area contributed by atoms with Crippen molar-refractivity contribution in [3.8, 4) is 0 Å². The highest BCUT2D eigenvalue weighted by Crippen LogP contribution is 2.32. The fourth-order valence-corrected chi connectivity index (χ4v) is 15.5. The van der Waals surface area contributed by atoms with E-state index < -0.39 is 317 Å². The fourth-order valence-electron chi connectivity index (χ4n) is 14.3. The zero-order valence-corrected chi connectivity index (χ0v) is 75.3. The molecule has 2 aromatic carbocycles. The number of nitrogens with one attached hydrogen (secondary N) is 19. The van der Waals surface area contributed by atoms with Gasteiger partial charge < -0.3 is 152 Å². The summed E-state index contributed by atoms with van der Waals surface area (Å²) in [7, 11) is 0. The summed E-state index contributed by atoms with van der Waals surface area (Å²) in [5.41, 5.74) is 5.82. The maximum Gasteiger partial charge on any atom is 0.305 e. The van der Waals surface area contributed by atoms with Crippen molar-refractivity contribution in [2.24, 2.45) is 17.6 Å². The lowest BCUT2D eigenvalue weighted by Gasteiger charge is -2.30. The summed E-state index contributed by atoms with van der Waals surface area (Å²) >= 11 is 1.07. The van der Waals surface area contributed by atoms with Gasteiger partial charge in [0, 0.05) is 61.6 Å². The van der Waals surface area contributed by atoms with Crippen molar-refractivity contribution >= 4 is 153 Å². The Balaban J connectivity index is 1.35. The molecule has 4 heterocycles. The first-order valence-corrected chi connectivity index (χ1v) is 44.5. The van der Waals surface area contributed by atoms with Crippen molar-refractivity contribution in [2.75, 3.05) is 71.5 Å². The lowest BCUT2D eigenvalue weighted by Crippen LogP contribution is -2.62. The number of carbonyl (C=O) groups is 21. The van der Waals surface area contributed by atoms with E-state index in [1.165, 1.54) is 13.8 Å². The van der Waals surface area contributed by atoms with Crippen LogP contribution in [0.4, 0.5) is 0 Å². The molecule has 6 rings (SSSR count). The molecular weight excluding hydrogens is 1800 g/mol. The molecule has 742 valence electrons. The normalized spacial score (nSPS) is 25.4. The predicted octanol–water partition coefficient (Wildman–Crippen LogP) is -10.6. The Morgan fingerprint density at radius 3 is 1.45 bits per heavy atom. The van der Waals surface area contributed by atoms with Gasteiger partial charge in [-0.1, -0.05) is 82.3 Å². The Morgan fingerprint density at radius 2 is 0.896 bits per heavy atom. The van der Waals surface area contributed by atoms with Crippen molar-refractivity contribution in [3.63, 3.8) is 0 Å². The minimum atomic E-state index is -2.13. The molecule has 3 aromatic rings. The van der Waals surface area contributed by atoms with Crippen LogP contribution in [0.1, 0.15) is 117 Å². The summed E-state index contributed by atoms with van der Waals surface area (Å²) in [6, 6.07) is -12.5. The number of nitrogens with two attached hydrogens (primary N) is 1. The van der Waals surface area contributed by atoms with Crippen LogP contribution in [-0.2, 0) is 114 Å². The average molecular weight is 1920 g/mol. The van der Waals surface area contributed by atoms with E-state index in [0.717, 1.165) is 16.7 Å². The third-order valence-electron chi connectivity index (χ3n) is 21.5. The van der Waals surface area contributed by atoms with Crippen molar-refractivity contribution in [1.29, 1.82) is 5.41 Å². The van der Waals surface area contributed by atoms with Gasteiger partial charge in [0.05, 0.1) is 64.1 Å². The van der Waals surface area contributed by atoms with Gasteiger partial charge in [0.1, 0.15) is 90.6 Å². The van der Waals surface area contributed by atoms with Crippen LogP contribution < -0.4 is 101 Å². The number of carboxylic acids is 3. The first-order chi connectivity index (χ1) is 64.1. The first-order valence-electron chi connectivity index (χ1n) is 43.5. The summed E-state index contributed by atoms with van der Waals surface area (Å²) in [6.45, 7) is -2.80. The van der Waals surface area contributed by atoms with Crippen LogP contribution in [0, 0.1) is 17.2 Å². The molecule has 51 nitrogen and oxygen atoms in total. The third-order valence-corrected chi connectivity index (χ3v) is 22.7.